The van der Waals surface area contributed by atoms with E-state index < -0.39 is 10.0 Å². The summed E-state index contributed by atoms with van der Waals surface area (Å²) in [6, 6.07) is 13.7. The lowest BCUT2D eigenvalue weighted by atomic mass is 9.97. The molecule has 0 unspecified atom stereocenters. The second-order valence-corrected chi connectivity index (χ2v) is 12.4. The number of nitrogens with zero attached hydrogens (tertiary/aromatic N) is 5. The van der Waals surface area contributed by atoms with Gasteiger partial charge in [0.15, 0.2) is 0 Å². The molecule has 1 saturated heterocycles. The lowest BCUT2D eigenvalue weighted by Crippen LogP contribution is -2.33. The average molecular weight is 498 g/mol. The molecule has 2 aromatic heterocycles. The summed E-state index contributed by atoms with van der Waals surface area (Å²) in [5.41, 5.74) is 2.85. The molecule has 0 N–H and O–H groups in total. The minimum Gasteiger partial charge on any atom is -0.327 e. The maximum absolute atomic E-state index is 12.6. The van der Waals surface area contributed by atoms with Crippen molar-refractivity contribution in [2.75, 3.05) is 27.2 Å². The van der Waals surface area contributed by atoms with Crippen LogP contribution in [0.5, 0.6) is 0 Å². The molecule has 9 heteroatoms. The van der Waals surface area contributed by atoms with Crippen LogP contribution < -0.4 is 0 Å². The number of fused-ring (bicyclic) bond motifs is 2. The smallest absolute Gasteiger partial charge is 0.242 e. The first kappa shape index (κ1) is 23.4. The molecule has 0 radical (unpaired) electrons. The van der Waals surface area contributed by atoms with Gasteiger partial charge in [-0.05, 0) is 62.7 Å². The molecule has 0 atom stereocenters. The van der Waals surface area contributed by atoms with E-state index in [1.54, 1.807) is 26.2 Å². The Morgan fingerprint density at radius 2 is 1.82 bits per heavy atom. The summed E-state index contributed by atoms with van der Waals surface area (Å²) in [7, 11) is -0.377. The summed E-state index contributed by atoms with van der Waals surface area (Å²) >= 11 is 1.83. The molecule has 5 rings (SSSR count). The number of para-hydroxylation sites is 1. The van der Waals surface area contributed by atoms with Crippen LogP contribution in [0.25, 0.3) is 21.3 Å². The van der Waals surface area contributed by atoms with E-state index in [-0.39, 0.29) is 4.90 Å². The second kappa shape index (κ2) is 9.37. The van der Waals surface area contributed by atoms with Crippen molar-refractivity contribution in [3.63, 3.8) is 0 Å². The first-order valence-corrected chi connectivity index (χ1v) is 14.1. The summed E-state index contributed by atoms with van der Waals surface area (Å²) < 4.78 is 29.9. The zero-order valence-corrected chi connectivity index (χ0v) is 21.6. The van der Waals surface area contributed by atoms with Gasteiger partial charge in [0, 0.05) is 26.6 Å². The molecule has 0 amide bonds. The minimum absolute atomic E-state index is 0.286. The number of thiazole rings is 1. The maximum atomic E-state index is 12.6. The van der Waals surface area contributed by atoms with Crippen LogP contribution >= 0.6 is 11.3 Å². The normalized spacial score (nSPS) is 16.2. The predicted octanol–water partition coefficient (Wildman–Crippen LogP) is 4.69. The van der Waals surface area contributed by atoms with Gasteiger partial charge in [0.25, 0.3) is 0 Å². The van der Waals surface area contributed by atoms with Gasteiger partial charge in [-0.3, -0.25) is 4.90 Å². The van der Waals surface area contributed by atoms with Crippen LogP contribution in [0.15, 0.2) is 47.4 Å². The van der Waals surface area contributed by atoms with Gasteiger partial charge in [-0.1, -0.05) is 19.1 Å². The number of imidazole rings is 1. The molecule has 1 aliphatic heterocycles. The Kier molecular flexibility index (Phi) is 6.45. The second-order valence-electron chi connectivity index (χ2n) is 9.19. The van der Waals surface area contributed by atoms with Crippen LogP contribution in [-0.2, 0) is 23.1 Å². The van der Waals surface area contributed by atoms with E-state index in [0.29, 0.717) is 5.92 Å². The van der Waals surface area contributed by atoms with Crippen LogP contribution in [0.4, 0.5) is 0 Å². The van der Waals surface area contributed by atoms with Crippen molar-refractivity contribution < 1.29 is 8.42 Å². The number of aromatic nitrogens is 3. The number of benzene rings is 2. The molecule has 180 valence electrons. The highest BCUT2D eigenvalue weighted by Gasteiger charge is 2.25. The third-order valence-corrected chi connectivity index (χ3v) is 9.65. The molecule has 1 fully saturated rings. The van der Waals surface area contributed by atoms with Crippen LogP contribution in [0, 0.1) is 0 Å². The molecule has 3 heterocycles. The van der Waals surface area contributed by atoms with Crippen molar-refractivity contribution >= 4 is 42.6 Å². The molecular weight excluding hydrogens is 466 g/mol. The molecule has 7 nitrogen and oxygen atoms in total. The molecule has 0 aliphatic carbocycles. The topological polar surface area (TPSA) is 71.3 Å². The molecular formula is C25H31N5O2S2. The molecule has 0 bridgehead atoms. The fourth-order valence-electron chi connectivity index (χ4n) is 4.73. The standard InChI is InChI=1S/C25H31N5O2S2/c1-4-13-30-22-10-9-19(34(31,32)28(2)3)16-21(22)26-24(30)17-29-14-11-18(12-15-29)25-27-20-7-5-6-8-23(20)33-25/h5-10,16,18H,4,11-15,17H2,1-3H3. The number of aryl methyl sites for hydroxylation is 1. The number of likely N-dealkylation sites (tertiary alicyclic amines) is 1. The Morgan fingerprint density at radius 1 is 1.06 bits per heavy atom. The van der Waals surface area contributed by atoms with Gasteiger partial charge in [0.05, 0.1) is 37.7 Å². The largest absolute Gasteiger partial charge is 0.327 e. The average Bonchev–Trinajstić information content (AvgIpc) is 3.41. The summed E-state index contributed by atoms with van der Waals surface area (Å²) in [5.74, 6) is 1.52. The predicted molar refractivity (Wildman–Crippen MR) is 138 cm³/mol. The van der Waals surface area contributed by atoms with Gasteiger partial charge in [0.2, 0.25) is 10.0 Å². The Hall–Kier alpha value is -2.33. The van der Waals surface area contributed by atoms with Crippen molar-refractivity contribution in [2.45, 2.75) is 50.1 Å². The van der Waals surface area contributed by atoms with Gasteiger partial charge in [-0.2, -0.15) is 0 Å². The van der Waals surface area contributed by atoms with Gasteiger partial charge >= 0.3 is 0 Å². The molecule has 0 saturated carbocycles. The van der Waals surface area contributed by atoms with Crippen LogP contribution in [0.3, 0.4) is 0 Å². The zero-order valence-electron chi connectivity index (χ0n) is 19.9. The van der Waals surface area contributed by atoms with E-state index in [1.165, 1.54) is 14.0 Å². The molecule has 1 aliphatic rings. The van der Waals surface area contributed by atoms with E-state index >= 15 is 0 Å². The van der Waals surface area contributed by atoms with Gasteiger partial charge in [-0.15, -0.1) is 11.3 Å². The highest BCUT2D eigenvalue weighted by molar-refractivity contribution is 7.89. The molecule has 0 spiro atoms. The molecule has 2 aromatic carbocycles. The SMILES string of the molecule is CCCn1c(CN2CCC(c3nc4ccccc4s3)CC2)nc2cc(S(=O)(=O)N(C)C)ccc21. The summed E-state index contributed by atoms with van der Waals surface area (Å²) in [4.78, 5) is 12.5. The highest BCUT2D eigenvalue weighted by Crippen LogP contribution is 2.34. The molecule has 34 heavy (non-hydrogen) atoms. The Morgan fingerprint density at radius 3 is 2.53 bits per heavy atom. The third-order valence-electron chi connectivity index (χ3n) is 6.64. The quantitative estimate of drug-likeness (QED) is 0.371. The van der Waals surface area contributed by atoms with E-state index in [9.17, 15) is 8.42 Å². The van der Waals surface area contributed by atoms with Crippen molar-refractivity contribution in [3.8, 4) is 0 Å². The summed E-state index contributed by atoms with van der Waals surface area (Å²) in [5, 5.41) is 1.26. The number of hydrogen-bond acceptors (Lipinski definition) is 6. The van der Waals surface area contributed by atoms with Gasteiger partial charge in [-0.25, -0.2) is 22.7 Å². The first-order chi connectivity index (χ1) is 16.4. The van der Waals surface area contributed by atoms with E-state index in [4.69, 9.17) is 9.97 Å². The third kappa shape index (κ3) is 4.37. The fourth-order valence-corrected chi connectivity index (χ4v) is 6.79. The zero-order chi connectivity index (χ0) is 23.9. The van der Waals surface area contributed by atoms with Crippen LogP contribution in [0.2, 0.25) is 0 Å². The minimum atomic E-state index is -3.49. The number of sulfonamides is 1. The van der Waals surface area contributed by atoms with Crippen molar-refractivity contribution in [1.82, 2.24) is 23.7 Å². The fraction of sp³-hybridized carbons (Fsp3) is 0.440. The lowest BCUT2D eigenvalue weighted by molar-refractivity contribution is 0.198. The van der Waals surface area contributed by atoms with Crippen LogP contribution in [0.1, 0.15) is 42.9 Å². The number of piperidine rings is 1. The van der Waals surface area contributed by atoms with Crippen LogP contribution in [-0.4, -0.2) is 59.3 Å². The van der Waals surface area contributed by atoms with E-state index in [0.717, 1.165) is 67.8 Å². The van der Waals surface area contributed by atoms with Crippen molar-refractivity contribution in [2.24, 2.45) is 0 Å². The number of rotatable bonds is 7. The lowest BCUT2D eigenvalue weighted by Gasteiger charge is -2.30. The maximum Gasteiger partial charge on any atom is 0.242 e. The molecule has 4 aromatic rings. The van der Waals surface area contributed by atoms with Gasteiger partial charge in [0.1, 0.15) is 5.82 Å². The highest BCUT2D eigenvalue weighted by atomic mass is 32.2. The summed E-state index contributed by atoms with van der Waals surface area (Å²) in [6.45, 7) is 5.82. The van der Waals surface area contributed by atoms with E-state index in [1.807, 2.05) is 17.4 Å². The Labute approximate surface area is 205 Å². The Bertz CT molecular complexity index is 1380. The van der Waals surface area contributed by atoms with Crippen molar-refractivity contribution in [3.05, 3.63) is 53.3 Å². The monoisotopic (exact) mass is 497 g/mol. The number of hydrogen-bond donors (Lipinski definition) is 0. The Balaban J connectivity index is 1.34. The van der Waals surface area contributed by atoms with Gasteiger partial charge < -0.3 is 4.57 Å². The summed E-state index contributed by atoms with van der Waals surface area (Å²) in [6.07, 6.45) is 3.19. The van der Waals surface area contributed by atoms with Crippen molar-refractivity contribution in [1.29, 1.82) is 0 Å². The van der Waals surface area contributed by atoms with E-state index in [2.05, 4.69) is 40.7 Å². The first-order valence-electron chi connectivity index (χ1n) is 11.9.